The van der Waals surface area contributed by atoms with E-state index in [1.54, 1.807) is 18.3 Å². The molecule has 0 amide bonds. The van der Waals surface area contributed by atoms with Gasteiger partial charge < -0.3 is 4.98 Å². The lowest BCUT2D eigenvalue weighted by atomic mass is 10.1. The van der Waals surface area contributed by atoms with E-state index in [1.165, 1.54) is 27.8 Å². The average Bonchev–Trinajstić information content (AvgIpc) is 3.01. The predicted octanol–water partition coefficient (Wildman–Crippen LogP) is 4.26. The zero-order valence-corrected chi connectivity index (χ0v) is 16.2. The Bertz CT molecular complexity index is 1150. The molecule has 3 aromatic heterocycles. The largest absolute Gasteiger partial charge is 0.337 e. The minimum absolute atomic E-state index is 0.140. The van der Waals surface area contributed by atoms with Gasteiger partial charge in [-0.05, 0) is 24.6 Å². The lowest BCUT2D eigenvalue weighted by molar-refractivity contribution is 0.995. The summed E-state index contributed by atoms with van der Waals surface area (Å²) in [6, 6.07) is 15.3. The number of thioether (sulfide) groups is 1. The summed E-state index contributed by atoms with van der Waals surface area (Å²) < 4.78 is 1.45. The summed E-state index contributed by atoms with van der Waals surface area (Å²) >= 11 is 7.48. The molecule has 0 fully saturated rings. The number of H-pyrrole nitrogens is 1. The van der Waals surface area contributed by atoms with E-state index in [-0.39, 0.29) is 5.56 Å². The Morgan fingerprint density at radius 2 is 1.96 bits per heavy atom. The highest BCUT2D eigenvalue weighted by atomic mass is 35.5. The van der Waals surface area contributed by atoms with E-state index < -0.39 is 0 Å². The molecule has 4 rings (SSSR count). The standard InChI is InChI=1S/C20H17ClN4OS/c1-13-17(9-14-5-3-2-4-6-14)24-20(22-13)27-12-16-10-19(26)25-11-15(21)7-8-18(25)23-16/h2-8,10-11H,9,12H2,1H3,(H,22,24). The van der Waals surface area contributed by atoms with Crippen LogP contribution >= 0.6 is 23.4 Å². The first-order chi connectivity index (χ1) is 13.1. The summed E-state index contributed by atoms with van der Waals surface area (Å²) in [7, 11) is 0. The number of aryl methyl sites for hydroxylation is 1. The van der Waals surface area contributed by atoms with Gasteiger partial charge in [-0.25, -0.2) is 9.97 Å². The third kappa shape index (κ3) is 4.07. The maximum Gasteiger partial charge on any atom is 0.258 e. The molecule has 136 valence electrons. The molecule has 0 aliphatic heterocycles. The van der Waals surface area contributed by atoms with Gasteiger partial charge in [0.1, 0.15) is 5.65 Å². The van der Waals surface area contributed by atoms with Gasteiger partial charge in [0, 0.05) is 30.1 Å². The molecule has 0 spiro atoms. The maximum absolute atomic E-state index is 12.3. The number of hydrogen-bond acceptors (Lipinski definition) is 4. The Morgan fingerprint density at radius 1 is 1.15 bits per heavy atom. The van der Waals surface area contributed by atoms with Crippen molar-refractivity contribution in [2.24, 2.45) is 0 Å². The minimum Gasteiger partial charge on any atom is -0.337 e. The topological polar surface area (TPSA) is 63.0 Å². The third-order valence-electron chi connectivity index (χ3n) is 4.21. The summed E-state index contributed by atoms with van der Waals surface area (Å²) in [6.45, 7) is 2.03. The fourth-order valence-electron chi connectivity index (χ4n) is 2.84. The summed E-state index contributed by atoms with van der Waals surface area (Å²) in [5.74, 6) is 0.562. The second-order valence-electron chi connectivity index (χ2n) is 6.23. The number of benzene rings is 1. The molecule has 0 aliphatic carbocycles. The van der Waals surface area contributed by atoms with Gasteiger partial charge >= 0.3 is 0 Å². The van der Waals surface area contributed by atoms with Gasteiger partial charge in [0.2, 0.25) is 0 Å². The monoisotopic (exact) mass is 396 g/mol. The highest BCUT2D eigenvalue weighted by Gasteiger charge is 2.10. The number of halogens is 1. The van der Waals surface area contributed by atoms with Crippen LogP contribution < -0.4 is 5.56 Å². The molecule has 5 nitrogen and oxygen atoms in total. The second kappa shape index (κ2) is 7.58. The van der Waals surface area contributed by atoms with Crippen molar-refractivity contribution in [2.45, 2.75) is 24.3 Å². The van der Waals surface area contributed by atoms with Crippen molar-refractivity contribution in [3.63, 3.8) is 0 Å². The zero-order valence-electron chi connectivity index (χ0n) is 14.6. The summed E-state index contributed by atoms with van der Waals surface area (Å²) in [5.41, 5.74) is 4.48. The lowest BCUT2D eigenvalue weighted by Gasteiger charge is -2.03. The van der Waals surface area contributed by atoms with Gasteiger partial charge in [-0.1, -0.05) is 53.7 Å². The molecule has 7 heteroatoms. The number of nitrogens with zero attached hydrogens (tertiary/aromatic N) is 3. The summed E-state index contributed by atoms with van der Waals surface area (Å²) in [5, 5.41) is 1.34. The normalized spacial score (nSPS) is 11.2. The van der Waals surface area contributed by atoms with Crippen LogP contribution in [0.1, 0.15) is 22.6 Å². The molecule has 0 saturated carbocycles. The van der Waals surface area contributed by atoms with Crippen molar-refractivity contribution in [1.82, 2.24) is 19.4 Å². The Kier molecular flexibility index (Phi) is 5.01. The first kappa shape index (κ1) is 17.8. The average molecular weight is 397 g/mol. The van der Waals surface area contributed by atoms with Gasteiger partial charge in [0.25, 0.3) is 5.56 Å². The van der Waals surface area contributed by atoms with E-state index in [4.69, 9.17) is 16.6 Å². The quantitative estimate of drug-likeness (QED) is 0.512. The minimum atomic E-state index is -0.140. The van der Waals surface area contributed by atoms with E-state index in [0.717, 1.165) is 23.0 Å². The first-order valence-corrected chi connectivity index (χ1v) is 9.85. The molecule has 4 aromatic rings. The highest BCUT2D eigenvalue weighted by molar-refractivity contribution is 7.98. The molecule has 27 heavy (non-hydrogen) atoms. The summed E-state index contributed by atoms with van der Waals surface area (Å²) in [6.07, 6.45) is 2.37. The number of rotatable bonds is 5. The predicted molar refractivity (Wildman–Crippen MR) is 109 cm³/mol. The molecule has 0 aliphatic rings. The zero-order chi connectivity index (χ0) is 18.8. The number of nitrogens with one attached hydrogen (secondary N) is 1. The van der Waals surface area contributed by atoms with E-state index >= 15 is 0 Å². The van der Waals surface area contributed by atoms with Crippen LogP contribution in [0.25, 0.3) is 5.65 Å². The Labute approximate surface area is 165 Å². The van der Waals surface area contributed by atoms with Gasteiger partial charge in [-0.3, -0.25) is 9.20 Å². The number of aromatic amines is 1. The molecule has 0 radical (unpaired) electrons. The number of hydrogen-bond donors (Lipinski definition) is 1. The van der Waals surface area contributed by atoms with E-state index in [2.05, 4.69) is 22.1 Å². The van der Waals surface area contributed by atoms with Crippen molar-refractivity contribution in [3.8, 4) is 0 Å². The van der Waals surface area contributed by atoms with Crippen molar-refractivity contribution in [1.29, 1.82) is 0 Å². The van der Waals surface area contributed by atoms with Crippen LogP contribution in [0.2, 0.25) is 5.02 Å². The van der Waals surface area contributed by atoms with E-state index in [9.17, 15) is 4.79 Å². The molecule has 3 heterocycles. The molecule has 0 bridgehead atoms. The maximum atomic E-state index is 12.3. The first-order valence-electron chi connectivity index (χ1n) is 8.48. The molecule has 0 unspecified atom stereocenters. The van der Waals surface area contributed by atoms with E-state index in [0.29, 0.717) is 22.1 Å². The Balaban J connectivity index is 1.51. The highest BCUT2D eigenvalue weighted by Crippen LogP contribution is 2.22. The fourth-order valence-corrected chi connectivity index (χ4v) is 3.83. The van der Waals surface area contributed by atoms with Crippen LogP contribution in [0.3, 0.4) is 0 Å². The molecule has 0 saturated heterocycles. The number of aromatic nitrogens is 4. The number of imidazole rings is 1. The van der Waals surface area contributed by atoms with Crippen LogP contribution in [0.5, 0.6) is 0 Å². The van der Waals surface area contributed by atoms with Gasteiger partial charge in [-0.2, -0.15) is 0 Å². The molecule has 1 N–H and O–H groups in total. The van der Waals surface area contributed by atoms with Crippen molar-refractivity contribution >= 4 is 29.0 Å². The molecular weight excluding hydrogens is 380 g/mol. The third-order valence-corrected chi connectivity index (χ3v) is 5.34. The van der Waals surface area contributed by atoms with Crippen LogP contribution in [0.4, 0.5) is 0 Å². The van der Waals surface area contributed by atoms with Crippen LogP contribution in [-0.4, -0.2) is 19.4 Å². The molecule has 1 aromatic carbocycles. The molecule has 0 atom stereocenters. The van der Waals surface area contributed by atoms with Gasteiger partial charge in [-0.15, -0.1) is 0 Å². The Morgan fingerprint density at radius 3 is 2.78 bits per heavy atom. The molecular formula is C20H17ClN4OS. The van der Waals surface area contributed by atoms with Crippen LogP contribution in [-0.2, 0) is 12.2 Å². The Hall–Kier alpha value is -2.57. The van der Waals surface area contributed by atoms with Crippen molar-refractivity contribution in [2.75, 3.05) is 0 Å². The second-order valence-corrected chi connectivity index (χ2v) is 7.63. The SMILES string of the molecule is Cc1[nH]c(SCc2cc(=O)n3cc(Cl)ccc3n2)nc1Cc1ccccc1. The van der Waals surface area contributed by atoms with Crippen LogP contribution in [0, 0.1) is 6.92 Å². The summed E-state index contributed by atoms with van der Waals surface area (Å²) in [4.78, 5) is 24.8. The van der Waals surface area contributed by atoms with E-state index in [1.807, 2.05) is 25.1 Å². The smallest absolute Gasteiger partial charge is 0.258 e. The number of fused-ring (bicyclic) bond motifs is 1. The van der Waals surface area contributed by atoms with Crippen molar-refractivity contribution in [3.05, 3.63) is 92.7 Å². The van der Waals surface area contributed by atoms with Gasteiger partial charge in [0.15, 0.2) is 5.16 Å². The van der Waals surface area contributed by atoms with Crippen LogP contribution in [0.15, 0.2) is 64.7 Å². The van der Waals surface area contributed by atoms with Gasteiger partial charge in [0.05, 0.1) is 16.4 Å². The lowest BCUT2D eigenvalue weighted by Crippen LogP contribution is -2.15. The number of pyridine rings is 1. The van der Waals surface area contributed by atoms with Crippen molar-refractivity contribution < 1.29 is 0 Å². The fraction of sp³-hybridized carbons (Fsp3) is 0.150.